The number of imide groups is 1. The maximum atomic E-state index is 11.1. The highest BCUT2D eigenvalue weighted by molar-refractivity contribution is 6.12. The molecule has 6 nitrogen and oxygen atoms in total. The summed E-state index contributed by atoms with van der Waals surface area (Å²) >= 11 is 0. The molecule has 88 valence electrons. The molecule has 2 amide bonds. The molecule has 16 heavy (non-hydrogen) atoms. The average Bonchev–Trinajstić information content (AvgIpc) is 2.53. The third-order valence-corrected chi connectivity index (χ3v) is 2.15. The average molecular weight is 226 g/mol. The molecule has 0 saturated heterocycles. The van der Waals surface area contributed by atoms with Crippen LogP contribution in [0.25, 0.3) is 0 Å². The maximum Gasteiger partial charge on any atom is 0.303 e. The van der Waals surface area contributed by atoms with Crippen molar-refractivity contribution in [2.24, 2.45) is 0 Å². The van der Waals surface area contributed by atoms with Crippen LogP contribution in [-0.4, -0.2) is 34.4 Å². The smallest absolute Gasteiger partial charge is 0.303 e. The van der Waals surface area contributed by atoms with Crippen LogP contribution < -0.4 is 5.43 Å². The second kappa shape index (κ2) is 6.02. The fraction of sp³-hybridized carbons (Fsp3) is 0.500. The Morgan fingerprint density at radius 3 is 2.38 bits per heavy atom. The second-order valence-electron chi connectivity index (χ2n) is 3.46. The molecular formula is C10H14N2O4. The molecule has 0 unspecified atom stereocenters. The lowest BCUT2D eigenvalue weighted by molar-refractivity contribution is -0.140. The summed E-state index contributed by atoms with van der Waals surface area (Å²) in [6.07, 6.45) is 4.66. The lowest BCUT2D eigenvalue weighted by Crippen LogP contribution is -2.42. The maximum absolute atomic E-state index is 11.1. The van der Waals surface area contributed by atoms with E-state index in [0.29, 0.717) is 13.0 Å². The second-order valence-corrected chi connectivity index (χ2v) is 3.46. The van der Waals surface area contributed by atoms with E-state index in [1.165, 1.54) is 12.2 Å². The van der Waals surface area contributed by atoms with Gasteiger partial charge in [-0.05, 0) is 12.8 Å². The number of carbonyl (C=O) groups is 3. The zero-order chi connectivity index (χ0) is 12.0. The van der Waals surface area contributed by atoms with Crippen LogP contribution in [0, 0.1) is 0 Å². The molecule has 0 aromatic rings. The van der Waals surface area contributed by atoms with Crippen LogP contribution in [0.1, 0.15) is 25.7 Å². The molecule has 1 rings (SSSR count). The number of hydrogen-bond donors (Lipinski definition) is 2. The molecule has 1 heterocycles. The number of hydrazine groups is 1. The number of nitrogens with zero attached hydrogens (tertiary/aromatic N) is 1. The van der Waals surface area contributed by atoms with Crippen LogP contribution in [0.4, 0.5) is 0 Å². The van der Waals surface area contributed by atoms with Crippen LogP contribution in [0.2, 0.25) is 0 Å². The third kappa shape index (κ3) is 3.82. The normalized spacial score (nSPS) is 14.9. The molecule has 2 N–H and O–H groups in total. The zero-order valence-corrected chi connectivity index (χ0v) is 8.81. The first-order chi connectivity index (χ1) is 7.61. The van der Waals surface area contributed by atoms with Gasteiger partial charge < -0.3 is 5.11 Å². The number of nitrogens with one attached hydrogen (secondary N) is 1. The van der Waals surface area contributed by atoms with Gasteiger partial charge in [0.25, 0.3) is 11.8 Å². The van der Waals surface area contributed by atoms with Crippen molar-refractivity contribution in [2.75, 3.05) is 6.54 Å². The Bertz CT molecular complexity index is 307. The van der Waals surface area contributed by atoms with E-state index < -0.39 is 5.97 Å². The molecule has 0 fully saturated rings. The van der Waals surface area contributed by atoms with Gasteiger partial charge >= 0.3 is 5.97 Å². The Morgan fingerprint density at radius 2 is 1.81 bits per heavy atom. The minimum Gasteiger partial charge on any atom is -0.481 e. The van der Waals surface area contributed by atoms with Gasteiger partial charge in [0.15, 0.2) is 0 Å². The molecule has 0 saturated carbocycles. The van der Waals surface area contributed by atoms with Gasteiger partial charge in [0.05, 0.1) is 0 Å². The molecule has 0 bridgehead atoms. The molecule has 0 aromatic carbocycles. The SMILES string of the molecule is O=C(O)CCCCCNN1C(=O)C=CC1=O. The first kappa shape index (κ1) is 12.4. The Morgan fingerprint density at radius 1 is 1.19 bits per heavy atom. The van der Waals surface area contributed by atoms with Gasteiger partial charge in [-0.3, -0.25) is 14.4 Å². The summed E-state index contributed by atoms with van der Waals surface area (Å²) in [7, 11) is 0. The van der Waals surface area contributed by atoms with Crippen molar-refractivity contribution in [3.63, 3.8) is 0 Å². The number of aliphatic carboxylic acids is 1. The highest BCUT2D eigenvalue weighted by Crippen LogP contribution is 2.02. The van der Waals surface area contributed by atoms with Crippen molar-refractivity contribution in [3.8, 4) is 0 Å². The van der Waals surface area contributed by atoms with Gasteiger partial charge in [0.1, 0.15) is 0 Å². The Kier molecular flexibility index (Phi) is 4.65. The van der Waals surface area contributed by atoms with Gasteiger partial charge in [0.2, 0.25) is 0 Å². The van der Waals surface area contributed by atoms with Gasteiger partial charge in [-0.25, -0.2) is 10.4 Å². The van der Waals surface area contributed by atoms with E-state index in [1.807, 2.05) is 0 Å². The quantitative estimate of drug-likeness (QED) is 0.473. The molecule has 0 aromatic heterocycles. The number of amides is 2. The topological polar surface area (TPSA) is 86.7 Å². The Balaban J connectivity index is 2.05. The summed E-state index contributed by atoms with van der Waals surface area (Å²) in [5, 5.41) is 9.35. The van der Waals surface area contributed by atoms with Crippen molar-refractivity contribution < 1.29 is 19.5 Å². The van der Waals surface area contributed by atoms with E-state index in [0.717, 1.165) is 17.9 Å². The number of carboxylic acid groups (broad SMARTS) is 1. The van der Waals surface area contributed by atoms with Crippen LogP contribution >= 0.6 is 0 Å². The van der Waals surface area contributed by atoms with Gasteiger partial charge in [0, 0.05) is 25.1 Å². The molecule has 0 atom stereocenters. The lowest BCUT2D eigenvalue weighted by Gasteiger charge is -2.14. The van der Waals surface area contributed by atoms with Crippen molar-refractivity contribution >= 4 is 17.8 Å². The summed E-state index contributed by atoms with van der Waals surface area (Å²) in [6.45, 7) is 0.485. The van der Waals surface area contributed by atoms with Crippen molar-refractivity contribution in [2.45, 2.75) is 25.7 Å². The van der Waals surface area contributed by atoms with Crippen LogP contribution in [0.3, 0.4) is 0 Å². The van der Waals surface area contributed by atoms with E-state index in [4.69, 9.17) is 5.11 Å². The molecule has 1 aliphatic heterocycles. The summed E-state index contributed by atoms with van der Waals surface area (Å²) in [5.74, 6) is -1.53. The zero-order valence-electron chi connectivity index (χ0n) is 8.81. The van der Waals surface area contributed by atoms with E-state index in [-0.39, 0.29) is 18.2 Å². The molecule has 0 radical (unpaired) electrons. The predicted octanol–water partition coefficient (Wildman–Crippen LogP) is 0.0610. The fourth-order valence-corrected chi connectivity index (χ4v) is 1.32. The molecule has 1 aliphatic rings. The van der Waals surface area contributed by atoms with E-state index in [2.05, 4.69) is 5.43 Å². The highest BCUT2D eigenvalue weighted by atomic mass is 16.4. The Labute approximate surface area is 92.9 Å². The highest BCUT2D eigenvalue weighted by Gasteiger charge is 2.22. The standard InChI is InChI=1S/C10H14N2O4/c13-8-5-6-9(14)12(8)11-7-3-1-2-4-10(15)16/h5-6,11H,1-4,7H2,(H,15,16). The van der Waals surface area contributed by atoms with Crippen molar-refractivity contribution in [1.29, 1.82) is 0 Å². The lowest BCUT2D eigenvalue weighted by atomic mass is 10.2. The number of carboxylic acids is 1. The van der Waals surface area contributed by atoms with Crippen molar-refractivity contribution in [1.82, 2.24) is 10.4 Å². The molecule has 0 aliphatic carbocycles. The van der Waals surface area contributed by atoms with E-state index in [1.54, 1.807) is 0 Å². The van der Waals surface area contributed by atoms with Crippen LogP contribution in [0.15, 0.2) is 12.2 Å². The van der Waals surface area contributed by atoms with Crippen molar-refractivity contribution in [3.05, 3.63) is 12.2 Å². The number of hydrogen-bond acceptors (Lipinski definition) is 4. The first-order valence-corrected chi connectivity index (χ1v) is 5.12. The number of rotatable bonds is 7. The minimum atomic E-state index is -0.804. The van der Waals surface area contributed by atoms with E-state index in [9.17, 15) is 14.4 Å². The third-order valence-electron chi connectivity index (χ3n) is 2.15. The summed E-state index contributed by atoms with van der Waals surface area (Å²) in [6, 6.07) is 0. The predicted molar refractivity (Wildman–Crippen MR) is 55.1 cm³/mol. The summed E-state index contributed by atoms with van der Waals surface area (Å²) < 4.78 is 0. The fourth-order valence-electron chi connectivity index (χ4n) is 1.32. The summed E-state index contributed by atoms with van der Waals surface area (Å²) in [5.41, 5.74) is 2.69. The van der Waals surface area contributed by atoms with Gasteiger partial charge in [-0.2, -0.15) is 0 Å². The number of carbonyl (C=O) groups excluding carboxylic acids is 2. The molecule has 6 heteroatoms. The molecule has 0 spiro atoms. The van der Waals surface area contributed by atoms with Gasteiger partial charge in [-0.15, -0.1) is 0 Å². The summed E-state index contributed by atoms with van der Waals surface area (Å²) in [4.78, 5) is 32.3. The first-order valence-electron chi connectivity index (χ1n) is 5.12. The van der Waals surface area contributed by atoms with Crippen LogP contribution in [0.5, 0.6) is 0 Å². The Hall–Kier alpha value is -1.69. The monoisotopic (exact) mass is 226 g/mol. The van der Waals surface area contributed by atoms with Gasteiger partial charge in [-0.1, -0.05) is 6.42 Å². The minimum absolute atomic E-state index is 0.156. The van der Waals surface area contributed by atoms with Crippen LogP contribution in [-0.2, 0) is 14.4 Å². The molecular weight excluding hydrogens is 212 g/mol. The number of unbranched alkanes of at least 4 members (excludes halogenated alkanes) is 2. The largest absolute Gasteiger partial charge is 0.481 e. The van der Waals surface area contributed by atoms with E-state index >= 15 is 0 Å².